The van der Waals surface area contributed by atoms with Gasteiger partial charge in [-0.3, -0.25) is 9.89 Å². The first-order valence-corrected chi connectivity index (χ1v) is 7.99. The fraction of sp³-hybridized carbons (Fsp3) is 0.412. The molecule has 2 heterocycles. The maximum atomic E-state index is 12.5. The normalized spacial score (nSPS) is 14.9. The van der Waals surface area contributed by atoms with E-state index in [1.54, 1.807) is 0 Å². The Kier molecular flexibility index (Phi) is 4.62. The maximum Gasteiger partial charge on any atom is 0.272 e. The van der Waals surface area contributed by atoms with Gasteiger partial charge in [0.05, 0.1) is 12.6 Å². The number of H-pyrrole nitrogens is 1. The van der Waals surface area contributed by atoms with Crippen LogP contribution in [0.25, 0.3) is 0 Å². The van der Waals surface area contributed by atoms with Gasteiger partial charge in [-0.25, -0.2) is 0 Å². The smallest absolute Gasteiger partial charge is 0.272 e. The molecule has 2 aromatic rings. The van der Waals surface area contributed by atoms with Crippen molar-refractivity contribution in [2.45, 2.75) is 32.9 Å². The molecule has 6 heteroatoms. The monoisotopic (exact) mass is 314 g/mol. The molecule has 1 aromatic heterocycles. The molecule has 0 spiro atoms. The van der Waals surface area contributed by atoms with E-state index < -0.39 is 0 Å². The van der Waals surface area contributed by atoms with E-state index >= 15 is 0 Å². The van der Waals surface area contributed by atoms with Gasteiger partial charge in [-0.1, -0.05) is 12.1 Å². The van der Waals surface area contributed by atoms with Crippen LogP contribution >= 0.6 is 0 Å². The molecule has 23 heavy (non-hydrogen) atoms. The fourth-order valence-corrected chi connectivity index (χ4v) is 2.80. The highest BCUT2D eigenvalue weighted by Crippen LogP contribution is 2.21. The standard InChI is InChI=1S/C17H22N4O2/c1-3-23-13-6-4-5-12(9-13)11(2)19-17(22)16-14-10-18-8-7-15(14)20-21-16/h4-6,9,11,18H,3,7-8,10H2,1-2H3,(H,19,22)(H,20,21). The Labute approximate surface area is 135 Å². The summed E-state index contributed by atoms with van der Waals surface area (Å²) in [5.74, 6) is 0.660. The van der Waals surface area contributed by atoms with Crippen molar-refractivity contribution in [2.75, 3.05) is 13.2 Å². The molecular weight excluding hydrogens is 292 g/mol. The quantitative estimate of drug-likeness (QED) is 0.788. The highest BCUT2D eigenvalue weighted by atomic mass is 16.5. The zero-order chi connectivity index (χ0) is 16.2. The molecule has 0 fully saturated rings. The Morgan fingerprint density at radius 2 is 2.35 bits per heavy atom. The number of fused-ring (bicyclic) bond motifs is 1. The van der Waals surface area contributed by atoms with Crippen LogP contribution in [0.2, 0.25) is 0 Å². The SMILES string of the molecule is CCOc1cccc(C(C)NC(=O)c2n[nH]c3c2CNCC3)c1. The topological polar surface area (TPSA) is 79.0 Å². The summed E-state index contributed by atoms with van der Waals surface area (Å²) < 4.78 is 5.51. The second kappa shape index (κ2) is 6.83. The molecule has 6 nitrogen and oxygen atoms in total. The molecule has 1 aliphatic heterocycles. The Bertz CT molecular complexity index is 696. The first kappa shape index (κ1) is 15.6. The van der Waals surface area contributed by atoms with Gasteiger partial charge in [-0.15, -0.1) is 0 Å². The lowest BCUT2D eigenvalue weighted by Crippen LogP contribution is -2.30. The average molecular weight is 314 g/mol. The van der Waals surface area contributed by atoms with Gasteiger partial charge >= 0.3 is 0 Å². The third-order valence-electron chi connectivity index (χ3n) is 4.04. The van der Waals surface area contributed by atoms with Crippen LogP contribution in [-0.2, 0) is 13.0 Å². The maximum absolute atomic E-state index is 12.5. The van der Waals surface area contributed by atoms with Crippen LogP contribution in [0.4, 0.5) is 0 Å². The largest absolute Gasteiger partial charge is 0.494 e. The minimum atomic E-state index is -0.152. The minimum absolute atomic E-state index is 0.119. The van der Waals surface area contributed by atoms with Crippen LogP contribution < -0.4 is 15.4 Å². The molecule has 0 saturated heterocycles. The molecule has 1 aromatic carbocycles. The third kappa shape index (κ3) is 3.37. The molecule has 0 radical (unpaired) electrons. The van der Waals surface area contributed by atoms with Crippen molar-refractivity contribution in [3.63, 3.8) is 0 Å². The van der Waals surface area contributed by atoms with E-state index in [0.29, 0.717) is 18.8 Å². The van der Waals surface area contributed by atoms with Crippen molar-refractivity contribution in [3.05, 3.63) is 46.8 Å². The molecule has 1 amide bonds. The van der Waals surface area contributed by atoms with Crippen molar-refractivity contribution in [3.8, 4) is 5.75 Å². The number of amides is 1. The van der Waals surface area contributed by atoms with E-state index in [-0.39, 0.29) is 11.9 Å². The van der Waals surface area contributed by atoms with E-state index in [2.05, 4.69) is 20.8 Å². The summed E-state index contributed by atoms with van der Waals surface area (Å²) in [7, 11) is 0. The van der Waals surface area contributed by atoms with Gasteiger partial charge in [-0.2, -0.15) is 5.10 Å². The highest BCUT2D eigenvalue weighted by Gasteiger charge is 2.22. The summed E-state index contributed by atoms with van der Waals surface area (Å²) in [5, 5.41) is 13.5. The predicted molar refractivity (Wildman–Crippen MR) is 87.5 cm³/mol. The zero-order valence-corrected chi connectivity index (χ0v) is 13.5. The molecule has 122 valence electrons. The number of carbonyl (C=O) groups excluding carboxylic acids is 1. The molecule has 0 aliphatic carbocycles. The Hall–Kier alpha value is -2.34. The Morgan fingerprint density at radius 3 is 3.17 bits per heavy atom. The van der Waals surface area contributed by atoms with Gasteiger partial charge in [0, 0.05) is 30.8 Å². The lowest BCUT2D eigenvalue weighted by molar-refractivity contribution is 0.0933. The van der Waals surface area contributed by atoms with E-state index in [1.165, 1.54) is 0 Å². The van der Waals surface area contributed by atoms with Crippen molar-refractivity contribution in [1.29, 1.82) is 0 Å². The van der Waals surface area contributed by atoms with Crippen LogP contribution in [0.3, 0.4) is 0 Å². The molecule has 3 rings (SSSR count). The number of aromatic nitrogens is 2. The van der Waals surface area contributed by atoms with Gasteiger partial charge in [0.1, 0.15) is 5.75 Å². The van der Waals surface area contributed by atoms with Gasteiger partial charge in [-0.05, 0) is 31.5 Å². The minimum Gasteiger partial charge on any atom is -0.494 e. The van der Waals surface area contributed by atoms with E-state index in [1.807, 2.05) is 38.1 Å². The first-order valence-electron chi connectivity index (χ1n) is 7.99. The van der Waals surface area contributed by atoms with Crippen molar-refractivity contribution >= 4 is 5.91 Å². The fourth-order valence-electron chi connectivity index (χ4n) is 2.80. The summed E-state index contributed by atoms with van der Waals surface area (Å²) in [4.78, 5) is 12.5. The van der Waals surface area contributed by atoms with Gasteiger partial charge < -0.3 is 15.4 Å². The number of benzene rings is 1. The highest BCUT2D eigenvalue weighted by molar-refractivity contribution is 5.94. The van der Waals surface area contributed by atoms with Crippen LogP contribution in [0.5, 0.6) is 5.75 Å². The number of aromatic amines is 1. The number of rotatable bonds is 5. The van der Waals surface area contributed by atoms with Crippen molar-refractivity contribution in [2.24, 2.45) is 0 Å². The Balaban J connectivity index is 1.72. The molecule has 1 atom stereocenters. The van der Waals surface area contributed by atoms with Crippen molar-refractivity contribution < 1.29 is 9.53 Å². The number of hydrogen-bond donors (Lipinski definition) is 3. The molecule has 1 aliphatic rings. The van der Waals surface area contributed by atoms with Crippen LogP contribution in [0, 0.1) is 0 Å². The predicted octanol–water partition coefficient (Wildman–Crippen LogP) is 1.95. The van der Waals surface area contributed by atoms with Gasteiger partial charge in [0.25, 0.3) is 5.91 Å². The summed E-state index contributed by atoms with van der Waals surface area (Å²) >= 11 is 0. The Morgan fingerprint density at radius 1 is 1.48 bits per heavy atom. The molecule has 0 bridgehead atoms. The number of nitrogens with zero attached hydrogens (tertiary/aromatic N) is 1. The average Bonchev–Trinajstić information content (AvgIpc) is 2.99. The zero-order valence-electron chi connectivity index (χ0n) is 13.5. The summed E-state index contributed by atoms with van der Waals surface area (Å²) in [6, 6.07) is 7.66. The number of nitrogens with one attached hydrogen (secondary N) is 3. The van der Waals surface area contributed by atoms with E-state index in [4.69, 9.17) is 4.74 Å². The summed E-state index contributed by atoms with van der Waals surface area (Å²) in [6.45, 7) is 6.13. The molecule has 3 N–H and O–H groups in total. The van der Waals surface area contributed by atoms with Gasteiger partial charge in [0.2, 0.25) is 0 Å². The van der Waals surface area contributed by atoms with Crippen LogP contribution in [0.1, 0.15) is 47.2 Å². The summed E-state index contributed by atoms with van der Waals surface area (Å²) in [5.41, 5.74) is 3.52. The van der Waals surface area contributed by atoms with E-state index in [9.17, 15) is 4.79 Å². The molecular formula is C17H22N4O2. The molecule has 1 unspecified atom stereocenters. The third-order valence-corrected chi connectivity index (χ3v) is 4.04. The number of ether oxygens (including phenoxy) is 1. The second-order valence-electron chi connectivity index (χ2n) is 5.66. The van der Waals surface area contributed by atoms with Crippen molar-refractivity contribution in [1.82, 2.24) is 20.8 Å². The van der Waals surface area contributed by atoms with Crippen LogP contribution in [0.15, 0.2) is 24.3 Å². The second-order valence-corrected chi connectivity index (χ2v) is 5.66. The van der Waals surface area contributed by atoms with E-state index in [0.717, 1.165) is 35.5 Å². The first-order chi connectivity index (χ1) is 11.2. The number of hydrogen-bond acceptors (Lipinski definition) is 4. The van der Waals surface area contributed by atoms with Crippen LogP contribution in [-0.4, -0.2) is 29.3 Å². The number of carbonyl (C=O) groups is 1. The lowest BCUT2D eigenvalue weighted by Gasteiger charge is -2.16. The summed E-state index contributed by atoms with van der Waals surface area (Å²) in [6.07, 6.45) is 0.877. The van der Waals surface area contributed by atoms with Gasteiger partial charge in [0.15, 0.2) is 5.69 Å². The molecule has 0 saturated carbocycles. The lowest BCUT2D eigenvalue weighted by atomic mass is 10.1.